The molecular formula is C27H38F3NO5S. The van der Waals surface area contributed by atoms with Gasteiger partial charge in [0.2, 0.25) is 0 Å². The van der Waals surface area contributed by atoms with Gasteiger partial charge >= 0.3 is 12.1 Å². The molecule has 0 aliphatic carbocycles. The first kappa shape index (κ1) is 31.2. The van der Waals surface area contributed by atoms with E-state index in [0.717, 1.165) is 6.08 Å². The van der Waals surface area contributed by atoms with E-state index in [1.54, 1.807) is 46.1 Å². The van der Waals surface area contributed by atoms with E-state index in [1.807, 2.05) is 0 Å². The molecule has 0 unspecified atom stereocenters. The molecule has 2 N–H and O–H groups in total. The maximum Gasteiger partial charge on any atom is 0.412 e. The van der Waals surface area contributed by atoms with Crippen LogP contribution in [0, 0.1) is 17.3 Å². The highest BCUT2D eigenvalue weighted by molar-refractivity contribution is 7.09. The summed E-state index contributed by atoms with van der Waals surface area (Å²) in [5.41, 5.74) is -0.566. The molecule has 10 heteroatoms. The molecule has 1 aliphatic rings. The molecule has 2 rings (SSSR count). The third kappa shape index (κ3) is 9.04. The Morgan fingerprint density at radius 1 is 1.27 bits per heavy atom. The fraction of sp³-hybridized carbons (Fsp3) is 0.667. The second-order valence-electron chi connectivity index (χ2n) is 10.6. The van der Waals surface area contributed by atoms with E-state index in [1.165, 1.54) is 11.3 Å². The highest BCUT2D eigenvalue weighted by atomic mass is 32.1. The van der Waals surface area contributed by atoms with E-state index in [2.05, 4.69) is 4.98 Å². The van der Waals surface area contributed by atoms with Gasteiger partial charge in [0, 0.05) is 35.1 Å². The molecule has 4 atom stereocenters. The number of hydrogen-bond donors (Lipinski definition) is 2. The molecule has 0 saturated heterocycles. The summed E-state index contributed by atoms with van der Waals surface area (Å²) in [4.78, 5) is 30.1. The van der Waals surface area contributed by atoms with Crippen molar-refractivity contribution >= 4 is 29.2 Å². The molecule has 0 bridgehead atoms. The van der Waals surface area contributed by atoms with Crippen LogP contribution in [-0.4, -0.2) is 45.3 Å². The van der Waals surface area contributed by atoms with E-state index in [0.29, 0.717) is 22.7 Å². The van der Waals surface area contributed by atoms with Crippen LogP contribution in [0.3, 0.4) is 0 Å². The predicted molar refractivity (Wildman–Crippen MR) is 137 cm³/mol. The molecule has 1 aliphatic heterocycles. The lowest BCUT2D eigenvalue weighted by Crippen LogP contribution is -2.39. The molecule has 0 radical (unpaired) electrons. The molecule has 0 aromatic carbocycles. The van der Waals surface area contributed by atoms with Gasteiger partial charge in [0.15, 0.2) is 0 Å². The molecule has 1 aromatic heterocycles. The number of carbonyl (C=O) groups is 2. The monoisotopic (exact) mass is 545 g/mol. The fourth-order valence-corrected chi connectivity index (χ4v) is 5.14. The maximum absolute atomic E-state index is 13.8. The number of cyclic esters (lactones) is 1. The Kier molecular flexibility index (Phi) is 11.1. The van der Waals surface area contributed by atoms with Crippen molar-refractivity contribution in [3.63, 3.8) is 0 Å². The average molecular weight is 546 g/mol. The lowest BCUT2D eigenvalue weighted by molar-refractivity contribution is -0.148. The van der Waals surface area contributed by atoms with E-state index in [4.69, 9.17) is 4.74 Å². The van der Waals surface area contributed by atoms with Gasteiger partial charge in [-0.25, -0.2) is 4.98 Å². The standard InChI is InChI=1S/C27H38F3NO5S/c1-16-7-6-8-19(27(28,29)30)9-10-21(17(2)13-20-15-37-22(14-32)31-20)36-23(33)11-12-26(4,5)25(35)18(3)24(16)34/h9,13,15-16,18,21,24,32,34H,6-8,10-12,14H2,1-5H3/b17-13+,19-9+/t16-,18+,21-,24-/m0/s1. The van der Waals surface area contributed by atoms with Crippen molar-refractivity contribution in [3.8, 4) is 0 Å². The minimum Gasteiger partial charge on any atom is -0.457 e. The van der Waals surface area contributed by atoms with Crippen LogP contribution in [0.15, 0.2) is 22.6 Å². The number of alkyl halides is 3. The van der Waals surface area contributed by atoms with Gasteiger partial charge in [-0.05, 0) is 50.2 Å². The van der Waals surface area contributed by atoms with Gasteiger partial charge in [-0.1, -0.05) is 33.8 Å². The Morgan fingerprint density at radius 3 is 2.54 bits per heavy atom. The third-order valence-corrected chi connectivity index (χ3v) is 7.89. The van der Waals surface area contributed by atoms with Crippen molar-refractivity contribution in [1.82, 2.24) is 4.98 Å². The summed E-state index contributed by atoms with van der Waals surface area (Å²) in [5.74, 6) is -1.89. The predicted octanol–water partition coefficient (Wildman–Crippen LogP) is 6.02. The summed E-state index contributed by atoms with van der Waals surface area (Å²) in [6.07, 6.45) is -3.57. The first-order valence-corrected chi connectivity index (χ1v) is 13.4. The van der Waals surface area contributed by atoms with Crippen molar-refractivity contribution in [1.29, 1.82) is 0 Å². The molecular weight excluding hydrogens is 507 g/mol. The minimum atomic E-state index is -4.54. The number of ketones is 1. The summed E-state index contributed by atoms with van der Waals surface area (Å²) in [5, 5.41) is 22.1. The number of hydrogen-bond acceptors (Lipinski definition) is 7. The Morgan fingerprint density at radius 2 is 1.95 bits per heavy atom. The molecule has 1 aromatic rings. The topological polar surface area (TPSA) is 96.7 Å². The van der Waals surface area contributed by atoms with Gasteiger partial charge in [0.1, 0.15) is 16.9 Å². The van der Waals surface area contributed by atoms with Gasteiger partial charge in [-0.3, -0.25) is 9.59 Å². The number of nitrogens with zero attached hydrogens (tertiary/aromatic N) is 1. The van der Waals surface area contributed by atoms with Crippen LogP contribution in [0.2, 0.25) is 0 Å². The first-order valence-electron chi connectivity index (χ1n) is 12.6. The lowest BCUT2D eigenvalue weighted by Gasteiger charge is -2.31. The number of Topliss-reactive ketones (excluding diaryl/α,β-unsaturated/α-hetero) is 1. The van der Waals surface area contributed by atoms with E-state index >= 15 is 0 Å². The number of aromatic nitrogens is 1. The zero-order chi connectivity index (χ0) is 28.0. The van der Waals surface area contributed by atoms with Crippen LogP contribution in [-0.2, 0) is 20.9 Å². The summed E-state index contributed by atoms with van der Waals surface area (Å²) in [6, 6.07) is 0. The highest BCUT2D eigenvalue weighted by Crippen LogP contribution is 2.34. The molecule has 0 fully saturated rings. The molecule has 0 spiro atoms. The van der Waals surface area contributed by atoms with E-state index < -0.39 is 41.3 Å². The number of aliphatic hydroxyl groups is 2. The van der Waals surface area contributed by atoms with Crippen molar-refractivity contribution in [2.24, 2.45) is 17.3 Å². The van der Waals surface area contributed by atoms with Crippen LogP contribution in [0.5, 0.6) is 0 Å². The second kappa shape index (κ2) is 13.2. The number of thiazole rings is 1. The lowest BCUT2D eigenvalue weighted by atomic mass is 9.74. The van der Waals surface area contributed by atoms with Crippen LogP contribution in [0.1, 0.15) is 83.8 Å². The summed E-state index contributed by atoms with van der Waals surface area (Å²) < 4.78 is 47.0. The van der Waals surface area contributed by atoms with Crippen LogP contribution >= 0.6 is 11.3 Å². The highest BCUT2D eigenvalue weighted by Gasteiger charge is 2.38. The number of halogens is 3. The normalized spacial score (nSPS) is 28.9. The number of ether oxygens (including phenoxy) is 1. The average Bonchev–Trinajstić information content (AvgIpc) is 3.28. The van der Waals surface area contributed by atoms with Gasteiger partial charge in [-0.2, -0.15) is 13.2 Å². The Labute approximate surface area is 220 Å². The zero-order valence-corrected chi connectivity index (χ0v) is 22.9. The Bertz CT molecular complexity index is 998. The molecule has 6 nitrogen and oxygen atoms in total. The summed E-state index contributed by atoms with van der Waals surface area (Å²) >= 11 is 1.25. The summed E-state index contributed by atoms with van der Waals surface area (Å²) in [6.45, 7) is 8.25. The molecule has 37 heavy (non-hydrogen) atoms. The Balaban J connectivity index is 2.40. The van der Waals surface area contributed by atoms with Gasteiger partial charge in [0.25, 0.3) is 0 Å². The van der Waals surface area contributed by atoms with Crippen LogP contribution in [0.25, 0.3) is 6.08 Å². The van der Waals surface area contributed by atoms with Crippen molar-refractivity contribution < 1.29 is 37.7 Å². The van der Waals surface area contributed by atoms with E-state index in [9.17, 15) is 33.0 Å². The van der Waals surface area contributed by atoms with Crippen LogP contribution in [0.4, 0.5) is 13.2 Å². The SMILES string of the molecule is C/C(=C\c1csc(CO)n1)[C@@H]1C/C=C(/C(F)(F)F)CCC[C@H](C)[C@H](O)[C@@H](C)C(=O)C(C)(C)CCC(=O)O1. The first-order chi connectivity index (χ1) is 17.2. The van der Waals surface area contributed by atoms with Gasteiger partial charge in [-0.15, -0.1) is 11.3 Å². The smallest absolute Gasteiger partial charge is 0.412 e. The zero-order valence-electron chi connectivity index (χ0n) is 22.1. The summed E-state index contributed by atoms with van der Waals surface area (Å²) in [7, 11) is 0. The third-order valence-electron chi connectivity index (χ3n) is 7.04. The number of esters is 1. The van der Waals surface area contributed by atoms with Crippen molar-refractivity contribution in [2.75, 3.05) is 0 Å². The maximum atomic E-state index is 13.8. The number of rotatable bonds is 3. The van der Waals surface area contributed by atoms with Crippen molar-refractivity contribution in [2.45, 2.75) is 98.1 Å². The fourth-order valence-electron chi connectivity index (χ4n) is 4.53. The van der Waals surface area contributed by atoms with Gasteiger partial charge in [0.05, 0.1) is 18.4 Å². The number of allylic oxidation sites excluding steroid dienone is 1. The largest absolute Gasteiger partial charge is 0.457 e. The second-order valence-corrected chi connectivity index (χ2v) is 11.5. The number of carbonyl (C=O) groups excluding carboxylic acids is 2. The van der Waals surface area contributed by atoms with E-state index in [-0.39, 0.29) is 50.4 Å². The minimum absolute atomic E-state index is 0.0951. The van der Waals surface area contributed by atoms with Crippen LogP contribution < -0.4 is 0 Å². The molecule has 0 amide bonds. The Hall–Kier alpha value is -2.04. The molecule has 0 saturated carbocycles. The van der Waals surface area contributed by atoms with Crippen molar-refractivity contribution in [3.05, 3.63) is 33.3 Å². The van der Waals surface area contributed by atoms with Gasteiger partial charge < -0.3 is 14.9 Å². The molecule has 2 heterocycles. The molecule has 208 valence electrons. The quantitative estimate of drug-likeness (QED) is 0.356. The number of aliphatic hydroxyl groups excluding tert-OH is 2.